The molecule has 0 bridgehead atoms. The van der Waals surface area contributed by atoms with Crippen LogP contribution in [0.5, 0.6) is 0 Å². The highest BCUT2D eigenvalue weighted by Gasteiger charge is 2.53. The van der Waals surface area contributed by atoms with Gasteiger partial charge < -0.3 is 19.3 Å². The fraction of sp³-hybridized carbons (Fsp3) is 0.618. The number of rotatable bonds is 15. The molecule has 0 saturated carbocycles. The lowest BCUT2D eigenvalue weighted by atomic mass is 9.91. The fourth-order valence-electron chi connectivity index (χ4n) is 6.51. The number of carbonyl (C=O) groups excluding carboxylic acids is 2. The standard InChI is InChI=1S/C34H42Cl4O7/c1-2-3-4-5-6-7-8-9-10-11-12-13-23-20-24(21-34(44-23)19-18-33(45-34)16-14-22(39)15-17-33)43-32(42)26-25(31(40)41)27(35)29(37)30(38)28(26)36/h14-17,23-24H,2-13,18-21H2,1H3,(H,40,41). The quantitative estimate of drug-likeness (QED) is 0.0840. The number of benzene rings is 1. The summed E-state index contributed by atoms with van der Waals surface area (Å²) < 4.78 is 19.1. The molecule has 2 heterocycles. The number of esters is 1. The van der Waals surface area contributed by atoms with Crippen molar-refractivity contribution < 1.29 is 33.7 Å². The van der Waals surface area contributed by atoms with Gasteiger partial charge in [0.15, 0.2) is 11.6 Å². The third kappa shape index (κ3) is 9.27. The van der Waals surface area contributed by atoms with Crippen LogP contribution in [-0.4, -0.2) is 46.4 Å². The Kier molecular flexibility index (Phi) is 13.3. The van der Waals surface area contributed by atoms with Crippen LogP contribution in [0.3, 0.4) is 0 Å². The van der Waals surface area contributed by atoms with Crippen molar-refractivity contribution in [1.82, 2.24) is 0 Å². The molecule has 7 nitrogen and oxygen atoms in total. The summed E-state index contributed by atoms with van der Waals surface area (Å²) in [6.07, 6.45) is 21.6. The van der Waals surface area contributed by atoms with Gasteiger partial charge in [0.2, 0.25) is 0 Å². The van der Waals surface area contributed by atoms with E-state index in [9.17, 15) is 19.5 Å². The molecule has 1 aliphatic carbocycles. The van der Waals surface area contributed by atoms with Gasteiger partial charge in [0.25, 0.3) is 0 Å². The number of allylic oxidation sites excluding steroid dienone is 2. The SMILES string of the molecule is CCCCCCCCCCCCCC1CC(OC(=O)c2c(Cl)c(Cl)c(Cl)c(Cl)c2C(=O)O)CC2(CCC3(C=CC(=O)C=C3)O2)O1. The van der Waals surface area contributed by atoms with Crippen LogP contribution in [-0.2, 0) is 19.0 Å². The Hall–Kier alpha value is -1.61. The van der Waals surface area contributed by atoms with Crippen LogP contribution < -0.4 is 0 Å². The number of ether oxygens (including phenoxy) is 3. The van der Waals surface area contributed by atoms with Gasteiger partial charge in [0, 0.05) is 19.3 Å². The van der Waals surface area contributed by atoms with E-state index in [0.717, 1.165) is 25.7 Å². The molecule has 1 N–H and O–H groups in total. The van der Waals surface area contributed by atoms with E-state index in [4.69, 9.17) is 60.6 Å². The van der Waals surface area contributed by atoms with Crippen molar-refractivity contribution >= 4 is 64.1 Å². The molecule has 2 spiro atoms. The Bertz CT molecular complexity index is 1290. The highest BCUT2D eigenvalue weighted by Crippen LogP contribution is 2.49. The first-order chi connectivity index (χ1) is 21.5. The summed E-state index contributed by atoms with van der Waals surface area (Å²) in [5.74, 6) is -3.61. The van der Waals surface area contributed by atoms with Gasteiger partial charge in [0.05, 0.1) is 37.3 Å². The van der Waals surface area contributed by atoms with Crippen LogP contribution in [0, 0.1) is 0 Å². The summed E-state index contributed by atoms with van der Waals surface area (Å²) in [6.45, 7) is 2.23. The highest BCUT2D eigenvalue weighted by atomic mass is 35.5. The van der Waals surface area contributed by atoms with Crippen molar-refractivity contribution in [3.63, 3.8) is 0 Å². The lowest BCUT2D eigenvalue weighted by Crippen LogP contribution is -2.48. The largest absolute Gasteiger partial charge is 0.478 e. The van der Waals surface area contributed by atoms with Crippen LogP contribution in [0.25, 0.3) is 0 Å². The molecule has 2 fully saturated rings. The van der Waals surface area contributed by atoms with Crippen molar-refractivity contribution in [2.75, 3.05) is 0 Å². The van der Waals surface area contributed by atoms with Gasteiger partial charge in [0.1, 0.15) is 11.7 Å². The maximum absolute atomic E-state index is 13.5. The second kappa shape index (κ2) is 16.5. The van der Waals surface area contributed by atoms with E-state index in [0.29, 0.717) is 19.3 Å². The van der Waals surface area contributed by atoms with E-state index in [2.05, 4.69) is 6.92 Å². The van der Waals surface area contributed by atoms with Crippen molar-refractivity contribution in [2.24, 2.45) is 0 Å². The molecule has 0 radical (unpaired) electrons. The van der Waals surface area contributed by atoms with Gasteiger partial charge in [-0.15, -0.1) is 0 Å². The molecular weight excluding hydrogens is 662 g/mol. The van der Waals surface area contributed by atoms with Gasteiger partial charge >= 0.3 is 11.9 Å². The molecule has 0 amide bonds. The van der Waals surface area contributed by atoms with Crippen LogP contribution in [0.1, 0.15) is 130 Å². The maximum Gasteiger partial charge on any atom is 0.340 e. The predicted molar refractivity (Wildman–Crippen MR) is 177 cm³/mol. The zero-order valence-electron chi connectivity index (χ0n) is 25.7. The highest BCUT2D eigenvalue weighted by molar-refractivity contribution is 6.54. The Morgan fingerprint density at radius 3 is 1.98 bits per heavy atom. The van der Waals surface area contributed by atoms with Crippen molar-refractivity contribution in [3.05, 3.63) is 55.5 Å². The van der Waals surface area contributed by atoms with Crippen LogP contribution in [0.2, 0.25) is 20.1 Å². The lowest BCUT2D eigenvalue weighted by molar-refractivity contribution is -0.291. The average Bonchev–Trinajstić information content (AvgIpc) is 3.33. The fourth-order valence-corrected chi connectivity index (χ4v) is 7.52. The number of carbonyl (C=O) groups is 3. The molecule has 2 saturated heterocycles. The van der Waals surface area contributed by atoms with Crippen LogP contribution in [0.4, 0.5) is 0 Å². The van der Waals surface area contributed by atoms with Crippen molar-refractivity contribution in [1.29, 1.82) is 0 Å². The van der Waals surface area contributed by atoms with E-state index < -0.39 is 45.6 Å². The minimum absolute atomic E-state index is 0.109. The first-order valence-electron chi connectivity index (χ1n) is 16.1. The molecule has 2 aliphatic heterocycles. The second-order valence-corrected chi connectivity index (χ2v) is 13.9. The van der Waals surface area contributed by atoms with E-state index in [1.54, 1.807) is 12.2 Å². The Morgan fingerprint density at radius 1 is 0.844 bits per heavy atom. The Morgan fingerprint density at radius 2 is 1.40 bits per heavy atom. The molecule has 3 aliphatic rings. The zero-order valence-corrected chi connectivity index (χ0v) is 28.7. The summed E-state index contributed by atoms with van der Waals surface area (Å²) in [4.78, 5) is 37.4. The molecule has 3 atom stereocenters. The summed E-state index contributed by atoms with van der Waals surface area (Å²) in [5.41, 5.74) is -1.80. The first kappa shape index (κ1) is 36.2. The molecule has 45 heavy (non-hydrogen) atoms. The molecule has 4 rings (SSSR count). The number of aromatic carboxylic acids is 1. The number of hydrogen-bond acceptors (Lipinski definition) is 6. The monoisotopic (exact) mass is 702 g/mol. The zero-order chi connectivity index (χ0) is 32.6. The molecule has 248 valence electrons. The number of hydrogen-bond donors (Lipinski definition) is 1. The summed E-state index contributed by atoms with van der Waals surface area (Å²) in [7, 11) is 0. The van der Waals surface area contributed by atoms with E-state index >= 15 is 0 Å². The minimum atomic E-state index is -1.49. The van der Waals surface area contributed by atoms with Crippen molar-refractivity contribution in [3.8, 4) is 0 Å². The van der Waals surface area contributed by atoms with E-state index in [1.165, 1.54) is 63.5 Å². The van der Waals surface area contributed by atoms with E-state index in [1.807, 2.05) is 0 Å². The van der Waals surface area contributed by atoms with Gasteiger partial charge in [-0.2, -0.15) is 0 Å². The Balaban J connectivity index is 1.42. The summed E-state index contributed by atoms with van der Waals surface area (Å²) in [5, 5.41) is 8.59. The Labute approximate surface area is 285 Å². The molecule has 1 aromatic rings. The van der Waals surface area contributed by atoms with E-state index in [-0.39, 0.29) is 33.4 Å². The first-order valence-corrected chi connectivity index (χ1v) is 17.6. The smallest absolute Gasteiger partial charge is 0.340 e. The van der Waals surface area contributed by atoms with Crippen LogP contribution >= 0.6 is 46.4 Å². The molecular formula is C34H42Cl4O7. The third-order valence-electron chi connectivity index (χ3n) is 8.87. The lowest BCUT2D eigenvalue weighted by Gasteiger charge is -2.43. The average molecular weight is 705 g/mol. The van der Waals surface area contributed by atoms with Gasteiger partial charge in [-0.05, 0) is 37.1 Å². The van der Waals surface area contributed by atoms with Crippen molar-refractivity contribution in [2.45, 2.75) is 133 Å². The number of unbranched alkanes of at least 4 members (excludes halogenated alkanes) is 10. The number of carboxylic acids is 1. The summed E-state index contributed by atoms with van der Waals surface area (Å²) >= 11 is 24.7. The normalized spacial score (nSPS) is 23.7. The molecule has 11 heteroatoms. The number of ketones is 1. The molecule has 3 unspecified atom stereocenters. The summed E-state index contributed by atoms with van der Waals surface area (Å²) in [6, 6.07) is 0. The third-order valence-corrected chi connectivity index (χ3v) is 10.7. The number of carboxylic acid groups (broad SMARTS) is 1. The van der Waals surface area contributed by atoms with Crippen LogP contribution in [0.15, 0.2) is 24.3 Å². The van der Waals surface area contributed by atoms with Gasteiger partial charge in [-0.25, -0.2) is 9.59 Å². The second-order valence-electron chi connectivity index (χ2n) is 12.4. The molecule has 0 aromatic heterocycles. The maximum atomic E-state index is 13.5. The van der Waals surface area contributed by atoms with Gasteiger partial charge in [-0.1, -0.05) is 124 Å². The molecule has 1 aromatic carbocycles. The predicted octanol–water partition coefficient (Wildman–Crippen LogP) is 10.3. The number of halogens is 4. The van der Waals surface area contributed by atoms with Gasteiger partial charge in [-0.3, -0.25) is 4.79 Å². The minimum Gasteiger partial charge on any atom is -0.478 e. The topological polar surface area (TPSA) is 99.1 Å².